The van der Waals surface area contributed by atoms with Crippen LogP contribution in [0.25, 0.3) is 0 Å². The van der Waals surface area contributed by atoms with Gasteiger partial charge in [0.05, 0.1) is 5.01 Å². The van der Waals surface area contributed by atoms with Crippen molar-refractivity contribution in [3.63, 3.8) is 0 Å². The molecule has 0 radical (unpaired) electrons. The van der Waals surface area contributed by atoms with Crippen LogP contribution in [0.2, 0.25) is 0 Å². The van der Waals surface area contributed by atoms with Gasteiger partial charge in [0.2, 0.25) is 0 Å². The van der Waals surface area contributed by atoms with Crippen molar-refractivity contribution in [3.05, 3.63) is 40.4 Å². The third-order valence-electron chi connectivity index (χ3n) is 4.10. The van der Waals surface area contributed by atoms with E-state index in [0.29, 0.717) is 11.5 Å². The number of aryl methyl sites for hydroxylation is 1. The highest BCUT2D eigenvalue weighted by molar-refractivity contribution is 7.09. The Balaban J connectivity index is 1.70. The minimum absolute atomic E-state index is 0.00156. The smallest absolute Gasteiger partial charge is 0.272 e. The molecule has 2 aromatic rings. The number of likely N-dealkylation sites (tertiary alicyclic amines) is 1. The largest absolute Gasteiger partial charge is 0.337 e. The predicted octanol–water partition coefficient (Wildman–Crippen LogP) is 2.44. The van der Waals surface area contributed by atoms with Crippen molar-refractivity contribution in [2.24, 2.45) is 0 Å². The van der Waals surface area contributed by atoms with Crippen molar-refractivity contribution in [1.29, 1.82) is 0 Å². The van der Waals surface area contributed by atoms with Gasteiger partial charge in [0.1, 0.15) is 11.5 Å². The van der Waals surface area contributed by atoms with Crippen LogP contribution in [0, 0.1) is 6.92 Å². The van der Waals surface area contributed by atoms with E-state index in [4.69, 9.17) is 0 Å². The first-order valence-corrected chi connectivity index (χ1v) is 7.95. The Labute approximate surface area is 128 Å². The van der Waals surface area contributed by atoms with Crippen molar-refractivity contribution >= 4 is 17.2 Å². The molecule has 0 aromatic carbocycles. The van der Waals surface area contributed by atoms with Crippen LogP contribution in [0.1, 0.15) is 41.1 Å². The summed E-state index contributed by atoms with van der Waals surface area (Å²) in [4.78, 5) is 27.1. The quantitative estimate of drug-likeness (QED) is 0.855. The molecule has 0 aliphatic carbocycles. The molecular weight excluding hydrogens is 284 g/mol. The van der Waals surface area contributed by atoms with Gasteiger partial charge in [0.25, 0.3) is 5.91 Å². The van der Waals surface area contributed by atoms with E-state index in [1.54, 1.807) is 30.5 Å². The Kier molecular flexibility index (Phi) is 3.71. The van der Waals surface area contributed by atoms with E-state index in [-0.39, 0.29) is 11.3 Å². The molecule has 2 aromatic heterocycles. The lowest BCUT2D eigenvalue weighted by atomic mass is 9.81. The fourth-order valence-electron chi connectivity index (χ4n) is 2.68. The summed E-state index contributed by atoms with van der Waals surface area (Å²) in [5, 5.41) is 3.19. The Morgan fingerprint density at radius 2 is 2.05 bits per heavy atom. The van der Waals surface area contributed by atoms with Gasteiger partial charge in [-0.05, 0) is 25.8 Å². The van der Waals surface area contributed by atoms with Crippen LogP contribution in [-0.4, -0.2) is 38.8 Å². The predicted molar refractivity (Wildman–Crippen MR) is 81.4 cm³/mol. The third-order valence-corrected chi connectivity index (χ3v) is 5.18. The Morgan fingerprint density at radius 1 is 1.29 bits per heavy atom. The van der Waals surface area contributed by atoms with E-state index in [1.165, 1.54) is 5.01 Å². The number of hydrogen-bond acceptors (Lipinski definition) is 5. The summed E-state index contributed by atoms with van der Waals surface area (Å²) in [6.07, 6.45) is 5.37. The van der Waals surface area contributed by atoms with Crippen LogP contribution < -0.4 is 0 Å². The summed E-state index contributed by atoms with van der Waals surface area (Å²) in [6.45, 7) is 5.53. The summed E-state index contributed by atoms with van der Waals surface area (Å²) >= 11 is 1.70. The van der Waals surface area contributed by atoms with Gasteiger partial charge in [0.15, 0.2) is 0 Å². The molecule has 0 saturated carbocycles. The van der Waals surface area contributed by atoms with Crippen LogP contribution in [0.4, 0.5) is 0 Å². The van der Waals surface area contributed by atoms with E-state index in [9.17, 15) is 4.79 Å². The van der Waals surface area contributed by atoms with E-state index >= 15 is 0 Å². The van der Waals surface area contributed by atoms with Gasteiger partial charge in [-0.25, -0.2) is 15.0 Å². The van der Waals surface area contributed by atoms with Gasteiger partial charge in [-0.15, -0.1) is 11.3 Å². The summed E-state index contributed by atoms with van der Waals surface area (Å²) in [5.41, 5.74) is 0.576. The monoisotopic (exact) mass is 302 g/mol. The Hall–Kier alpha value is -1.82. The third kappa shape index (κ3) is 2.81. The maximum absolute atomic E-state index is 12.5. The maximum atomic E-state index is 12.5. The highest BCUT2D eigenvalue weighted by Crippen LogP contribution is 2.36. The molecule has 110 valence electrons. The van der Waals surface area contributed by atoms with Gasteiger partial charge < -0.3 is 4.90 Å². The first kappa shape index (κ1) is 14.1. The van der Waals surface area contributed by atoms with Crippen LogP contribution in [-0.2, 0) is 5.41 Å². The minimum Gasteiger partial charge on any atom is -0.337 e. The highest BCUT2D eigenvalue weighted by Gasteiger charge is 2.35. The van der Waals surface area contributed by atoms with E-state index in [0.717, 1.165) is 25.9 Å². The Bertz CT molecular complexity index is 633. The summed E-state index contributed by atoms with van der Waals surface area (Å²) < 4.78 is 0. The molecular formula is C15H18N4OS. The standard InChI is InChI=1S/C15H18N4OS/c1-11-16-6-3-12(18-11)13(20)19-8-4-15(2,5-9-19)14-17-7-10-21-14/h3,6-7,10H,4-5,8-9H2,1-2H3. The van der Waals surface area contributed by atoms with Crippen molar-refractivity contribution in [1.82, 2.24) is 19.9 Å². The number of piperidine rings is 1. The number of hydrogen-bond donors (Lipinski definition) is 0. The van der Waals surface area contributed by atoms with Gasteiger partial charge in [-0.2, -0.15) is 0 Å². The van der Waals surface area contributed by atoms with Gasteiger partial charge in [-0.1, -0.05) is 6.92 Å². The normalized spacial score (nSPS) is 17.7. The molecule has 0 spiro atoms. The molecule has 3 rings (SSSR count). The van der Waals surface area contributed by atoms with Crippen molar-refractivity contribution in [2.75, 3.05) is 13.1 Å². The SMILES string of the molecule is Cc1nccc(C(=O)N2CCC(C)(c3nccs3)CC2)n1. The van der Waals surface area contributed by atoms with Gasteiger partial charge in [0, 0.05) is 36.3 Å². The molecule has 1 saturated heterocycles. The molecule has 6 heteroatoms. The lowest BCUT2D eigenvalue weighted by Crippen LogP contribution is -2.44. The van der Waals surface area contributed by atoms with Crippen LogP contribution in [0.5, 0.6) is 0 Å². The van der Waals surface area contributed by atoms with Gasteiger partial charge >= 0.3 is 0 Å². The van der Waals surface area contributed by atoms with Crippen molar-refractivity contribution in [2.45, 2.75) is 32.1 Å². The molecule has 1 fully saturated rings. The lowest BCUT2D eigenvalue weighted by Gasteiger charge is -2.38. The molecule has 5 nitrogen and oxygen atoms in total. The number of rotatable bonds is 2. The van der Waals surface area contributed by atoms with Crippen molar-refractivity contribution < 1.29 is 4.79 Å². The summed E-state index contributed by atoms with van der Waals surface area (Å²) in [5.74, 6) is 0.632. The molecule has 1 amide bonds. The topological polar surface area (TPSA) is 59.0 Å². The summed E-state index contributed by atoms with van der Waals surface area (Å²) in [6, 6.07) is 1.68. The number of carbonyl (C=O) groups is 1. The van der Waals surface area contributed by atoms with Gasteiger partial charge in [-0.3, -0.25) is 4.79 Å². The zero-order chi connectivity index (χ0) is 14.9. The fourth-order valence-corrected chi connectivity index (χ4v) is 3.54. The Morgan fingerprint density at radius 3 is 2.67 bits per heavy atom. The number of thiazole rings is 1. The first-order chi connectivity index (χ1) is 10.1. The molecule has 0 N–H and O–H groups in total. The number of amides is 1. The fraction of sp³-hybridized carbons (Fsp3) is 0.467. The second kappa shape index (κ2) is 5.52. The number of carbonyl (C=O) groups excluding carboxylic acids is 1. The molecule has 0 bridgehead atoms. The first-order valence-electron chi connectivity index (χ1n) is 7.07. The van der Waals surface area contributed by atoms with Crippen LogP contribution in [0.15, 0.2) is 23.8 Å². The maximum Gasteiger partial charge on any atom is 0.272 e. The summed E-state index contributed by atoms with van der Waals surface area (Å²) in [7, 11) is 0. The molecule has 1 aliphatic rings. The van der Waals surface area contributed by atoms with Crippen LogP contribution >= 0.6 is 11.3 Å². The molecule has 1 aliphatic heterocycles. The molecule has 0 unspecified atom stereocenters. The molecule has 3 heterocycles. The highest BCUT2D eigenvalue weighted by atomic mass is 32.1. The average molecular weight is 302 g/mol. The second-order valence-electron chi connectivity index (χ2n) is 5.68. The van der Waals surface area contributed by atoms with Crippen LogP contribution in [0.3, 0.4) is 0 Å². The second-order valence-corrected chi connectivity index (χ2v) is 6.57. The zero-order valence-electron chi connectivity index (χ0n) is 12.2. The lowest BCUT2D eigenvalue weighted by molar-refractivity contribution is 0.0669. The van der Waals surface area contributed by atoms with E-state index < -0.39 is 0 Å². The number of aromatic nitrogens is 3. The van der Waals surface area contributed by atoms with E-state index in [1.807, 2.05) is 16.5 Å². The zero-order valence-corrected chi connectivity index (χ0v) is 13.1. The number of nitrogens with zero attached hydrogens (tertiary/aromatic N) is 4. The van der Waals surface area contributed by atoms with E-state index in [2.05, 4.69) is 21.9 Å². The molecule has 0 atom stereocenters. The van der Waals surface area contributed by atoms with Crippen molar-refractivity contribution in [3.8, 4) is 0 Å². The minimum atomic E-state index is 0.00156. The molecule has 21 heavy (non-hydrogen) atoms. The average Bonchev–Trinajstić information content (AvgIpc) is 3.02.